The van der Waals surface area contributed by atoms with Crippen molar-refractivity contribution in [2.24, 2.45) is 0 Å². The molecule has 0 radical (unpaired) electrons. The third-order valence-corrected chi connectivity index (χ3v) is 3.87. The molecule has 122 valence electrons. The van der Waals surface area contributed by atoms with E-state index in [0.717, 1.165) is 5.56 Å². The van der Waals surface area contributed by atoms with Gasteiger partial charge in [0.2, 0.25) is 0 Å². The minimum atomic E-state index is -1.24. The molecule has 0 saturated carbocycles. The number of rotatable bonds is 6. The van der Waals surface area contributed by atoms with Crippen molar-refractivity contribution >= 4 is 17.6 Å². The van der Waals surface area contributed by atoms with E-state index in [-0.39, 0.29) is 12.2 Å². The lowest BCUT2D eigenvalue weighted by molar-refractivity contribution is 0.0687. The number of aromatic nitrogens is 1. The molecule has 0 aliphatic heterocycles. The van der Waals surface area contributed by atoms with Crippen LogP contribution in [-0.2, 0) is 24.3 Å². The van der Waals surface area contributed by atoms with E-state index in [0.29, 0.717) is 29.4 Å². The number of carbonyl (C=O) groups is 1. The van der Waals surface area contributed by atoms with Crippen molar-refractivity contribution in [3.63, 3.8) is 0 Å². The van der Waals surface area contributed by atoms with Crippen LogP contribution in [0.25, 0.3) is 0 Å². The van der Waals surface area contributed by atoms with Crippen LogP contribution in [0.3, 0.4) is 0 Å². The Labute approximate surface area is 139 Å². The topological polar surface area (TPSA) is 68.5 Å². The predicted octanol–water partition coefficient (Wildman–Crippen LogP) is 2.90. The molecule has 0 fully saturated rings. The maximum absolute atomic E-state index is 12.0. The molecule has 23 heavy (non-hydrogen) atoms. The second kappa shape index (κ2) is 7.44. The summed E-state index contributed by atoms with van der Waals surface area (Å²) in [6, 6.07) is 8.84. The van der Waals surface area contributed by atoms with Gasteiger partial charge in [-0.25, -0.2) is 4.79 Å². The van der Waals surface area contributed by atoms with Gasteiger partial charge >= 0.3 is 5.97 Å². The first-order chi connectivity index (χ1) is 10.9. The fraction of sp³-hybridized carbons (Fsp3) is 0.294. The van der Waals surface area contributed by atoms with E-state index in [4.69, 9.17) is 16.3 Å². The third kappa shape index (κ3) is 4.00. The zero-order valence-electron chi connectivity index (χ0n) is 13.0. The summed E-state index contributed by atoms with van der Waals surface area (Å²) in [6.07, 6.45) is 0.667. The second-order valence-corrected chi connectivity index (χ2v) is 5.68. The molecule has 1 aromatic heterocycles. The highest BCUT2D eigenvalue weighted by Crippen LogP contribution is 2.15. The quantitative estimate of drug-likeness (QED) is 0.881. The number of methoxy groups -OCH3 is 1. The molecular formula is C17H18ClNO4. The van der Waals surface area contributed by atoms with E-state index in [9.17, 15) is 14.7 Å². The number of hydrogen-bond acceptors (Lipinski definition) is 3. The normalized spacial score (nSPS) is 10.7. The molecule has 2 rings (SSSR count). The highest BCUT2D eigenvalue weighted by Gasteiger charge is 2.19. The number of pyridine rings is 1. The smallest absolute Gasteiger partial charge is 0.341 e. The highest BCUT2D eigenvalue weighted by molar-refractivity contribution is 6.30. The van der Waals surface area contributed by atoms with E-state index < -0.39 is 11.4 Å². The Morgan fingerprint density at radius 1 is 1.35 bits per heavy atom. The number of ether oxygens (including phenoxy) is 1. The van der Waals surface area contributed by atoms with Crippen molar-refractivity contribution in [3.8, 4) is 0 Å². The Morgan fingerprint density at radius 3 is 2.70 bits per heavy atom. The molecule has 0 aliphatic carbocycles. The van der Waals surface area contributed by atoms with Crippen molar-refractivity contribution in [2.75, 3.05) is 7.11 Å². The van der Waals surface area contributed by atoms with Gasteiger partial charge in [0.05, 0.1) is 12.3 Å². The minimum Gasteiger partial charge on any atom is -0.477 e. The summed E-state index contributed by atoms with van der Waals surface area (Å²) in [4.78, 5) is 23.4. The van der Waals surface area contributed by atoms with Crippen molar-refractivity contribution in [1.29, 1.82) is 0 Å². The molecular weight excluding hydrogens is 318 g/mol. The van der Waals surface area contributed by atoms with Crippen molar-refractivity contribution in [2.45, 2.75) is 26.5 Å². The monoisotopic (exact) mass is 335 g/mol. The van der Waals surface area contributed by atoms with Crippen LogP contribution in [0, 0.1) is 6.92 Å². The first-order valence-electron chi connectivity index (χ1n) is 7.14. The van der Waals surface area contributed by atoms with Gasteiger partial charge in [-0.15, -0.1) is 0 Å². The molecule has 5 nitrogen and oxygen atoms in total. The van der Waals surface area contributed by atoms with E-state index in [1.54, 1.807) is 13.0 Å². The van der Waals surface area contributed by atoms with Crippen LogP contribution in [0.1, 0.15) is 27.3 Å². The average molecular weight is 336 g/mol. The molecule has 0 spiro atoms. The lowest BCUT2D eigenvalue weighted by Crippen LogP contribution is -2.25. The standard InChI is InChI=1S/C17H18ClNO4/c1-11-8-15(20)16(17(21)22)14(10-23-2)19(11)7-6-12-4-3-5-13(18)9-12/h3-5,8-9H,6-7,10H2,1-2H3,(H,21,22). The van der Waals surface area contributed by atoms with Gasteiger partial charge < -0.3 is 14.4 Å². The molecule has 2 aromatic rings. The Morgan fingerprint density at radius 2 is 2.09 bits per heavy atom. The van der Waals surface area contributed by atoms with Crippen LogP contribution in [-0.4, -0.2) is 22.8 Å². The molecule has 0 amide bonds. The Balaban J connectivity index is 2.42. The molecule has 6 heteroatoms. The number of nitrogens with zero attached hydrogens (tertiary/aromatic N) is 1. The molecule has 1 heterocycles. The summed E-state index contributed by atoms with van der Waals surface area (Å²) in [5, 5.41) is 9.98. The molecule has 1 N–H and O–H groups in total. The molecule has 0 bridgehead atoms. The zero-order valence-corrected chi connectivity index (χ0v) is 13.8. The van der Waals surface area contributed by atoms with Crippen LogP contribution in [0.2, 0.25) is 5.02 Å². The molecule has 1 aromatic carbocycles. The van der Waals surface area contributed by atoms with Gasteiger partial charge in [0.15, 0.2) is 5.43 Å². The summed E-state index contributed by atoms with van der Waals surface area (Å²) in [5.74, 6) is -1.24. The number of aryl methyl sites for hydroxylation is 2. The van der Waals surface area contributed by atoms with Gasteiger partial charge in [-0.1, -0.05) is 23.7 Å². The van der Waals surface area contributed by atoms with Gasteiger partial charge in [-0.3, -0.25) is 4.79 Å². The summed E-state index contributed by atoms with van der Waals surface area (Å²) >= 11 is 5.98. The van der Waals surface area contributed by atoms with Gasteiger partial charge in [-0.2, -0.15) is 0 Å². The Hall–Kier alpha value is -2.11. The van der Waals surface area contributed by atoms with Crippen LogP contribution in [0.5, 0.6) is 0 Å². The first-order valence-corrected chi connectivity index (χ1v) is 7.51. The molecule has 0 saturated heterocycles. The van der Waals surface area contributed by atoms with E-state index in [1.165, 1.54) is 13.2 Å². The first kappa shape index (κ1) is 17.2. The lowest BCUT2D eigenvalue weighted by atomic mass is 10.1. The Kier molecular flexibility index (Phi) is 5.58. The lowest BCUT2D eigenvalue weighted by Gasteiger charge is -2.18. The van der Waals surface area contributed by atoms with Crippen molar-refractivity contribution < 1.29 is 14.6 Å². The second-order valence-electron chi connectivity index (χ2n) is 5.24. The summed E-state index contributed by atoms with van der Waals surface area (Å²) in [6.45, 7) is 2.38. The van der Waals surface area contributed by atoms with Gasteiger partial charge in [0, 0.05) is 30.4 Å². The van der Waals surface area contributed by atoms with Crippen molar-refractivity contribution in [1.82, 2.24) is 4.57 Å². The third-order valence-electron chi connectivity index (χ3n) is 3.63. The van der Waals surface area contributed by atoms with Gasteiger partial charge in [0.25, 0.3) is 0 Å². The summed E-state index contributed by atoms with van der Waals surface area (Å²) < 4.78 is 6.91. The van der Waals surface area contributed by atoms with E-state index in [1.807, 2.05) is 22.8 Å². The van der Waals surface area contributed by atoms with Gasteiger partial charge in [0.1, 0.15) is 5.56 Å². The minimum absolute atomic E-state index is 0.0636. The average Bonchev–Trinajstić information content (AvgIpc) is 2.46. The number of benzene rings is 1. The van der Waals surface area contributed by atoms with Crippen LogP contribution >= 0.6 is 11.6 Å². The number of hydrogen-bond donors (Lipinski definition) is 1. The number of aromatic carboxylic acids is 1. The zero-order chi connectivity index (χ0) is 17.0. The number of carboxylic acid groups (broad SMARTS) is 1. The van der Waals surface area contributed by atoms with E-state index in [2.05, 4.69) is 0 Å². The highest BCUT2D eigenvalue weighted by atomic mass is 35.5. The predicted molar refractivity (Wildman–Crippen MR) is 88.3 cm³/mol. The Bertz CT molecular complexity index is 783. The van der Waals surface area contributed by atoms with E-state index >= 15 is 0 Å². The number of carboxylic acids is 1. The summed E-state index contributed by atoms with van der Waals surface area (Å²) in [5.41, 5.74) is 1.39. The molecule has 0 aliphatic rings. The fourth-order valence-electron chi connectivity index (χ4n) is 2.59. The van der Waals surface area contributed by atoms with Crippen LogP contribution in [0.4, 0.5) is 0 Å². The maximum Gasteiger partial charge on any atom is 0.341 e. The fourth-order valence-corrected chi connectivity index (χ4v) is 2.80. The molecule has 0 atom stereocenters. The number of halogens is 1. The summed E-state index contributed by atoms with van der Waals surface area (Å²) in [7, 11) is 1.47. The SMILES string of the molecule is COCc1c(C(=O)O)c(=O)cc(C)n1CCc1cccc(Cl)c1. The largest absolute Gasteiger partial charge is 0.477 e. The maximum atomic E-state index is 12.0. The van der Waals surface area contributed by atoms with Crippen LogP contribution < -0.4 is 5.43 Å². The van der Waals surface area contributed by atoms with Crippen molar-refractivity contribution in [3.05, 3.63) is 68.1 Å². The van der Waals surface area contributed by atoms with Crippen LogP contribution in [0.15, 0.2) is 35.1 Å². The van der Waals surface area contributed by atoms with Gasteiger partial charge in [-0.05, 0) is 31.0 Å². The molecule has 0 unspecified atom stereocenters.